The van der Waals surface area contributed by atoms with Crippen LogP contribution in [-0.4, -0.2) is 150 Å². The number of fused-ring (bicyclic) bond motifs is 5. The maximum absolute atomic E-state index is 12.2. The van der Waals surface area contributed by atoms with Gasteiger partial charge in [-0.3, -0.25) is 0 Å². The molecule has 2 saturated heterocycles. The highest BCUT2D eigenvalue weighted by Gasteiger charge is 2.73. The summed E-state index contributed by atoms with van der Waals surface area (Å²) in [4.78, 5) is 0. The highest BCUT2D eigenvalue weighted by Crippen LogP contribution is 2.76. The van der Waals surface area contributed by atoms with Gasteiger partial charge in [-0.1, -0.05) is 46.3 Å². The maximum atomic E-state index is 12.2. The van der Waals surface area contributed by atoms with Crippen molar-refractivity contribution >= 4 is 0 Å². The molecule has 0 spiro atoms. The first kappa shape index (κ1) is 44.7. The molecule has 0 aromatic carbocycles. The van der Waals surface area contributed by atoms with E-state index in [1.165, 1.54) is 5.57 Å². The molecule has 2 aliphatic heterocycles. The van der Waals surface area contributed by atoms with Gasteiger partial charge in [0.1, 0.15) is 48.8 Å². The van der Waals surface area contributed by atoms with Crippen LogP contribution in [0.5, 0.6) is 0 Å². The van der Waals surface area contributed by atoms with Crippen LogP contribution in [0.2, 0.25) is 0 Å². The third-order valence-electron chi connectivity index (χ3n) is 16.3. The summed E-state index contributed by atoms with van der Waals surface area (Å²) in [5, 5.41) is 109. The number of hydrogen-bond acceptors (Lipinski definition) is 14. The largest absolute Gasteiger partial charge is 0.394 e. The van der Waals surface area contributed by atoms with E-state index in [0.29, 0.717) is 32.1 Å². The Kier molecular flexibility index (Phi) is 12.7. The first-order chi connectivity index (χ1) is 26.0. The zero-order valence-electron chi connectivity index (χ0n) is 34.6. The van der Waals surface area contributed by atoms with Gasteiger partial charge in [-0.05, 0) is 117 Å². The van der Waals surface area contributed by atoms with Crippen LogP contribution >= 0.6 is 0 Å². The lowest BCUT2D eigenvalue weighted by molar-refractivity contribution is -0.383. The predicted octanol–water partition coefficient (Wildman–Crippen LogP) is 1.12. The van der Waals surface area contributed by atoms with Crippen molar-refractivity contribution in [1.82, 2.24) is 0 Å². The standard InChI is InChI=1S/C42H72O14/c1-20(10-9-13-38(2,3)52)21-11-15-41(7)28(21)22(45)16-26-40(6)14-12-27(46)39(4,5)35(40)23(17-42(26,41)8)53-37-34(32(50)30(48)25(19-44)55-37)56-36-33(51)31(49)29(47)24(18-43)54-36/h10,21-37,43-52H,9,11-19H2,1-8H3/b20-10+/t21-,22?,23+,24-,25-,26-,27?,28+,29-,30-,31+,32+,33-,34-,35+,36+,37-,40-,41-,42-/m1/s1. The molecule has 0 aromatic rings. The third kappa shape index (κ3) is 7.37. The van der Waals surface area contributed by atoms with E-state index in [4.69, 9.17) is 18.9 Å². The lowest BCUT2D eigenvalue weighted by Crippen LogP contribution is -2.71. The molecule has 56 heavy (non-hydrogen) atoms. The van der Waals surface area contributed by atoms with Crippen molar-refractivity contribution in [2.24, 2.45) is 45.3 Å². The molecule has 6 aliphatic rings. The van der Waals surface area contributed by atoms with Crippen LogP contribution in [0.3, 0.4) is 0 Å². The van der Waals surface area contributed by atoms with E-state index in [0.717, 1.165) is 19.3 Å². The van der Waals surface area contributed by atoms with Crippen molar-refractivity contribution in [3.63, 3.8) is 0 Å². The SMILES string of the molecule is C/C(=C\CCC(C)(C)O)[C@H]1CC[C@]2(C)[C@@H]1C(O)C[C@@H]1[C@@]3(C)CCC(O)C(C)(C)[C@@H]3[C@@H](O[C@@H]3O[C@H](CO)[C@@H](O)[C@H](O)[C@H]3O[C@@H]3O[C@H](CO)[C@@H](O)[C@H](O)[C@H]3O)C[C@]12C. The van der Waals surface area contributed by atoms with Crippen LogP contribution in [0, 0.1) is 45.3 Å². The summed E-state index contributed by atoms with van der Waals surface area (Å²) in [6, 6.07) is 0. The van der Waals surface area contributed by atoms with Crippen LogP contribution < -0.4 is 0 Å². The third-order valence-corrected chi connectivity index (χ3v) is 16.3. The van der Waals surface area contributed by atoms with E-state index in [1.807, 2.05) is 27.7 Å². The molecule has 0 amide bonds. The maximum Gasteiger partial charge on any atom is 0.187 e. The Morgan fingerprint density at radius 3 is 1.98 bits per heavy atom. The fourth-order valence-corrected chi connectivity index (χ4v) is 13.1. The lowest BCUT2D eigenvalue weighted by atomic mass is 9.34. The molecule has 324 valence electrons. The second-order valence-corrected chi connectivity index (χ2v) is 20.4. The van der Waals surface area contributed by atoms with Gasteiger partial charge in [-0.2, -0.15) is 0 Å². The summed E-state index contributed by atoms with van der Waals surface area (Å²) in [5.41, 5.74) is -1.36. The van der Waals surface area contributed by atoms with Gasteiger partial charge in [-0.25, -0.2) is 0 Å². The molecule has 0 bridgehead atoms. The number of aliphatic hydroxyl groups is 10. The zero-order valence-corrected chi connectivity index (χ0v) is 34.6. The van der Waals surface area contributed by atoms with Gasteiger partial charge < -0.3 is 70.0 Å². The Labute approximate surface area is 331 Å². The van der Waals surface area contributed by atoms with Crippen molar-refractivity contribution in [2.75, 3.05) is 13.2 Å². The molecule has 2 heterocycles. The fraction of sp³-hybridized carbons (Fsp3) is 0.952. The number of aliphatic hydroxyl groups excluding tert-OH is 9. The molecule has 14 nitrogen and oxygen atoms in total. The molecule has 6 rings (SSSR count). The fourth-order valence-electron chi connectivity index (χ4n) is 13.1. The van der Waals surface area contributed by atoms with E-state index >= 15 is 0 Å². The van der Waals surface area contributed by atoms with Crippen molar-refractivity contribution in [1.29, 1.82) is 0 Å². The molecular formula is C42H72O14. The number of ether oxygens (including phenoxy) is 4. The highest BCUT2D eigenvalue weighted by atomic mass is 16.8. The minimum atomic E-state index is -1.80. The Morgan fingerprint density at radius 1 is 0.768 bits per heavy atom. The summed E-state index contributed by atoms with van der Waals surface area (Å²) in [5.74, 6) is -0.0943. The van der Waals surface area contributed by atoms with Crippen LogP contribution in [0.1, 0.15) is 107 Å². The van der Waals surface area contributed by atoms with Crippen molar-refractivity contribution in [2.45, 2.75) is 192 Å². The topological polar surface area (TPSA) is 239 Å². The summed E-state index contributed by atoms with van der Waals surface area (Å²) in [6.07, 6.45) is -9.80. The molecule has 14 heteroatoms. The Hall–Kier alpha value is -0.820. The molecule has 10 N–H and O–H groups in total. The monoisotopic (exact) mass is 800 g/mol. The average molecular weight is 801 g/mol. The summed E-state index contributed by atoms with van der Waals surface area (Å²) in [6.45, 7) is 15.4. The van der Waals surface area contributed by atoms with Crippen molar-refractivity contribution < 1.29 is 70.0 Å². The van der Waals surface area contributed by atoms with Crippen LogP contribution in [0.4, 0.5) is 0 Å². The molecule has 2 unspecified atom stereocenters. The second kappa shape index (κ2) is 15.9. The zero-order chi connectivity index (χ0) is 41.5. The average Bonchev–Trinajstić information content (AvgIpc) is 3.50. The highest BCUT2D eigenvalue weighted by molar-refractivity contribution is 5.24. The van der Waals surface area contributed by atoms with E-state index in [2.05, 4.69) is 33.8 Å². The molecule has 6 fully saturated rings. The van der Waals surface area contributed by atoms with Gasteiger partial charge in [0.15, 0.2) is 12.6 Å². The summed E-state index contributed by atoms with van der Waals surface area (Å²) in [7, 11) is 0. The first-order valence-electron chi connectivity index (χ1n) is 21.0. The van der Waals surface area contributed by atoms with Crippen LogP contribution in [0.25, 0.3) is 0 Å². The number of hydrogen-bond donors (Lipinski definition) is 10. The molecule has 4 aliphatic carbocycles. The molecule has 4 saturated carbocycles. The molecular weight excluding hydrogens is 728 g/mol. The number of allylic oxidation sites excluding steroid dienone is 2. The van der Waals surface area contributed by atoms with Gasteiger partial charge in [0.05, 0.1) is 37.1 Å². The first-order valence-corrected chi connectivity index (χ1v) is 21.0. The smallest absolute Gasteiger partial charge is 0.187 e. The summed E-state index contributed by atoms with van der Waals surface area (Å²) < 4.78 is 25.0. The van der Waals surface area contributed by atoms with Crippen molar-refractivity contribution in [3.05, 3.63) is 11.6 Å². The van der Waals surface area contributed by atoms with Crippen LogP contribution in [0.15, 0.2) is 11.6 Å². The van der Waals surface area contributed by atoms with Gasteiger partial charge in [-0.15, -0.1) is 0 Å². The minimum absolute atomic E-state index is 0.0333. The minimum Gasteiger partial charge on any atom is -0.394 e. The second-order valence-electron chi connectivity index (χ2n) is 20.4. The van der Waals surface area contributed by atoms with Gasteiger partial charge in [0.25, 0.3) is 0 Å². The molecule has 20 atom stereocenters. The normalized spacial score (nSPS) is 52.2. The molecule has 0 radical (unpaired) electrons. The predicted molar refractivity (Wildman–Crippen MR) is 202 cm³/mol. The summed E-state index contributed by atoms with van der Waals surface area (Å²) >= 11 is 0. The quantitative estimate of drug-likeness (QED) is 0.110. The van der Waals surface area contributed by atoms with Crippen LogP contribution in [-0.2, 0) is 18.9 Å². The van der Waals surface area contributed by atoms with E-state index < -0.39 is 109 Å². The van der Waals surface area contributed by atoms with E-state index in [9.17, 15) is 51.1 Å². The molecule has 0 aromatic heterocycles. The Balaban J connectivity index is 1.37. The van der Waals surface area contributed by atoms with Crippen molar-refractivity contribution in [3.8, 4) is 0 Å². The number of rotatable bonds is 10. The van der Waals surface area contributed by atoms with Gasteiger partial charge in [0.2, 0.25) is 0 Å². The lowest BCUT2D eigenvalue weighted by Gasteiger charge is -2.72. The van der Waals surface area contributed by atoms with E-state index in [1.54, 1.807) is 0 Å². The van der Waals surface area contributed by atoms with Gasteiger partial charge in [0, 0.05) is 0 Å². The Morgan fingerprint density at radius 2 is 1.38 bits per heavy atom. The Bertz CT molecular complexity index is 1400. The van der Waals surface area contributed by atoms with Gasteiger partial charge >= 0.3 is 0 Å². The van der Waals surface area contributed by atoms with E-state index in [-0.39, 0.29) is 34.5 Å².